The van der Waals surface area contributed by atoms with Gasteiger partial charge in [0.15, 0.2) is 0 Å². The van der Waals surface area contributed by atoms with E-state index in [0.29, 0.717) is 5.69 Å². The minimum absolute atomic E-state index is 0.221. The normalized spacial score (nSPS) is 9.58. The average molecular weight is 206 g/mol. The molecule has 0 N–H and O–H groups in total. The molecule has 0 unspecified atom stereocenters. The second-order valence-corrected chi connectivity index (χ2v) is 2.73. The van der Waals surface area contributed by atoms with Crippen LogP contribution in [-0.4, -0.2) is 11.0 Å². The van der Waals surface area contributed by atoms with Crippen LogP contribution in [-0.2, 0) is 4.29 Å². The molecule has 1 aromatic rings. The van der Waals surface area contributed by atoms with Gasteiger partial charge in [0.05, 0.1) is 10.6 Å². The number of pyridine rings is 1. The van der Waals surface area contributed by atoms with E-state index in [4.69, 9.17) is 23.5 Å². The molecule has 3 nitrogen and oxygen atoms in total. The molecule has 0 bridgehead atoms. The Hall–Kier alpha value is -0.800. The molecule has 1 aromatic heterocycles. The molecule has 0 aliphatic carbocycles. The van der Waals surface area contributed by atoms with Crippen LogP contribution in [0.15, 0.2) is 12.3 Å². The van der Waals surface area contributed by atoms with Crippen LogP contribution in [0, 0.1) is 6.92 Å². The highest BCUT2D eigenvalue weighted by Crippen LogP contribution is 2.16. The molecule has 0 saturated heterocycles. The Morgan fingerprint density at radius 3 is 2.92 bits per heavy atom. The van der Waals surface area contributed by atoms with Gasteiger partial charge in [-0.15, -0.1) is 0 Å². The molecule has 1 heterocycles. The van der Waals surface area contributed by atoms with Gasteiger partial charge in [-0.2, -0.15) is 0 Å². The summed E-state index contributed by atoms with van der Waals surface area (Å²) in [6.45, 7) is 1.74. The van der Waals surface area contributed by atoms with Crippen molar-refractivity contribution in [3.05, 3.63) is 28.5 Å². The topological polar surface area (TPSA) is 39.2 Å². The maximum absolute atomic E-state index is 10.9. The fraction of sp³-hybridized carbons (Fsp3) is 0.143. The van der Waals surface area contributed by atoms with E-state index in [0.717, 1.165) is 0 Å². The molecule has 0 aromatic carbocycles. The molecule has 12 heavy (non-hydrogen) atoms. The van der Waals surface area contributed by atoms with Crippen LogP contribution in [0.4, 0.5) is 0 Å². The summed E-state index contributed by atoms with van der Waals surface area (Å²) in [6.07, 6.45) is 1.38. The maximum atomic E-state index is 10.9. The average Bonchev–Trinajstić information content (AvgIpc) is 2.08. The van der Waals surface area contributed by atoms with Crippen molar-refractivity contribution in [3.8, 4) is 0 Å². The number of aromatic nitrogens is 1. The molecule has 1 rings (SSSR count). The van der Waals surface area contributed by atoms with Crippen LogP contribution in [0.5, 0.6) is 0 Å². The summed E-state index contributed by atoms with van der Waals surface area (Å²) in [7, 11) is 0. The lowest BCUT2D eigenvalue weighted by molar-refractivity contribution is 0.0751. The number of hydrogen-bond donors (Lipinski definition) is 0. The Kier molecular flexibility index (Phi) is 2.89. The van der Waals surface area contributed by atoms with Crippen LogP contribution in [0.25, 0.3) is 0 Å². The molecule has 5 heteroatoms. The van der Waals surface area contributed by atoms with Crippen molar-refractivity contribution in [2.24, 2.45) is 0 Å². The van der Waals surface area contributed by atoms with E-state index in [-0.39, 0.29) is 10.6 Å². The summed E-state index contributed by atoms with van der Waals surface area (Å²) in [5.74, 6) is -0.674. The molecule has 0 atom stereocenters. The number of carbonyl (C=O) groups excluding carboxylic acids is 1. The van der Waals surface area contributed by atoms with Gasteiger partial charge in [0.2, 0.25) is 0 Å². The van der Waals surface area contributed by atoms with Gasteiger partial charge in [0.1, 0.15) is 11.9 Å². The van der Waals surface area contributed by atoms with Crippen molar-refractivity contribution in [2.45, 2.75) is 6.92 Å². The molecule has 0 fully saturated rings. The summed E-state index contributed by atoms with van der Waals surface area (Å²) >= 11 is 10.5. The fourth-order valence-corrected chi connectivity index (χ4v) is 1.00. The van der Waals surface area contributed by atoms with E-state index in [2.05, 4.69) is 9.27 Å². The van der Waals surface area contributed by atoms with E-state index >= 15 is 0 Å². The Bertz CT molecular complexity index is 314. The monoisotopic (exact) mass is 205 g/mol. The maximum Gasteiger partial charge on any atom is 0.357 e. The molecular weight excluding hydrogens is 201 g/mol. The molecular formula is C7H5Cl2NO2. The van der Waals surface area contributed by atoms with Gasteiger partial charge in [-0.1, -0.05) is 11.6 Å². The second-order valence-electron chi connectivity index (χ2n) is 2.17. The standard InChI is InChI=1S/C7H5Cl2NO2/c1-4-2-5(7(11)12-9)6(8)3-10-4/h2-3H,1H3. The van der Waals surface area contributed by atoms with E-state index in [1.807, 2.05) is 0 Å². The number of carbonyl (C=O) groups is 1. The van der Waals surface area contributed by atoms with Gasteiger partial charge in [-0.05, 0) is 13.0 Å². The third-order valence-electron chi connectivity index (χ3n) is 1.28. The van der Waals surface area contributed by atoms with E-state index < -0.39 is 5.97 Å². The van der Waals surface area contributed by atoms with Gasteiger partial charge in [0, 0.05) is 11.9 Å². The highest BCUT2D eigenvalue weighted by Gasteiger charge is 2.11. The summed E-state index contributed by atoms with van der Waals surface area (Å²) in [6, 6.07) is 1.51. The second kappa shape index (κ2) is 3.74. The molecule has 0 spiro atoms. The lowest BCUT2D eigenvalue weighted by Crippen LogP contribution is -2.00. The predicted octanol–water partition coefficient (Wildman–Crippen LogP) is 2.35. The van der Waals surface area contributed by atoms with Crippen molar-refractivity contribution in [2.75, 3.05) is 0 Å². The van der Waals surface area contributed by atoms with E-state index in [9.17, 15) is 4.79 Å². The molecule has 64 valence electrons. The largest absolute Gasteiger partial charge is 0.357 e. The number of halogens is 2. The third-order valence-corrected chi connectivity index (χ3v) is 1.72. The zero-order valence-electron chi connectivity index (χ0n) is 6.17. The van der Waals surface area contributed by atoms with Crippen molar-refractivity contribution in [3.63, 3.8) is 0 Å². The minimum atomic E-state index is -0.674. The van der Waals surface area contributed by atoms with Crippen molar-refractivity contribution < 1.29 is 9.08 Å². The number of nitrogens with zero attached hydrogens (tertiary/aromatic N) is 1. The Labute approximate surface area is 79.4 Å². The summed E-state index contributed by atoms with van der Waals surface area (Å²) in [4.78, 5) is 14.8. The van der Waals surface area contributed by atoms with Gasteiger partial charge < -0.3 is 4.29 Å². The summed E-state index contributed by atoms with van der Waals surface area (Å²) < 4.78 is 3.99. The van der Waals surface area contributed by atoms with Crippen LogP contribution in [0.1, 0.15) is 16.1 Å². The van der Waals surface area contributed by atoms with Gasteiger partial charge >= 0.3 is 5.97 Å². The third kappa shape index (κ3) is 1.87. The van der Waals surface area contributed by atoms with Gasteiger partial charge in [0.25, 0.3) is 0 Å². The lowest BCUT2D eigenvalue weighted by Gasteiger charge is -1.99. The van der Waals surface area contributed by atoms with Crippen molar-refractivity contribution in [1.82, 2.24) is 4.98 Å². The fourth-order valence-electron chi connectivity index (χ4n) is 0.741. The number of aryl methyl sites for hydroxylation is 1. The Morgan fingerprint density at radius 1 is 1.67 bits per heavy atom. The SMILES string of the molecule is Cc1cc(C(=O)OCl)c(Cl)cn1. The first-order chi connectivity index (χ1) is 5.65. The smallest absolute Gasteiger partial charge is 0.343 e. The predicted molar refractivity (Wildman–Crippen MR) is 45.3 cm³/mol. The van der Waals surface area contributed by atoms with Crippen LogP contribution in [0.2, 0.25) is 5.02 Å². The number of rotatable bonds is 1. The van der Waals surface area contributed by atoms with Crippen LogP contribution in [0.3, 0.4) is 0 Å². The highest BCUT2D eigenvalue weighted by atomic mass is 35.5. The molecule has 0 amide bonds. The number of hydrogen-bond acceptors (Lipinski definition) is 3. The van der Waals surface area contributed by atoms with E-state index in [1.165, 1.54) is 12.3 Å². The van der Waals surface area contributed by atoms with E-state index in [1.54, 1.807) is 6.92 Å². The molecule has 0 radical (unpaired) electrons. The molecule has 0 aliphatic rings. The van der Waals surface area contributed by atoms with Crippen LogP contribution < -0.4 is 0 Å². The van der Waals surface area contributed by atoms with Crippen molar-refractivity contribution in [1.29, 1.82) is 0 Å². The molecule has 0 aliphatic heterocycles. The summed E-state index contributed by atoms with van der Waals surface area (Å²) in [5, 5.41) is 0.228. The quantitative estimate of drug-likeness (QED) is 0.707. The minimum Gasteiger partial charge on any atom is -0.343 e. The summed E-state index contributed by atoms with van der Waals surface area (Å²) in [5.41, 5.74) is 0.899. The van der Waals surface area contributed by atoms with Gasteiger partial charge in [-0.3, -0.25) is 4.98 Å². The Balaban J connectivity index is 3.13. The zero-order chi connectivity index (χ0) is 9.14. The zero-order valence-corrected chi connectivity index (χ0v) is 7.69. The van der Waals surface area contributed by atoms with Gasteiger partial charge in [-0.25, -0.2) is 4.79 Å². The first-order valence-electron chi connectivity index (χ1n) is 3.10. The first kappa shape index (κ1) is 9.29. The first-order valence-corrected chi connectivity index (χ1v) is 3.79. The highest BCUT2D eigenvalue weighted by molar-refractivity contribution is 6.34. The van der Waals surface area contributed by atoms with Crippen molar-refractivity contribution >= 4 is 29.4 Å². The molecule has 0 saturated carbocycles. The van der Waals surface area contributed by atoms with Crippen LogP contribution >= 0.6 is 23.5 Å². The Morgan fingerprint density at radius 2 is 2.33 bits per heavy atom. The lowest BCUT2D eigenvalue weighted by atomic mass is 10.2.